The molecule has 0 N–H and O–H groups in total. The van der Waals surface area contributed by atoms with E-state index in [0.717, 1.165) is 16.5 Å². The monoisotopic (exact) mass is 230 g/mol. The van der Waals surface area contributed by atoms with Crippen LogP contribution >= 0.6 is 0 Å². The number of benzene rings is 2. The lowest BCUT2D eigenvalue weighted by Crippen LogP contribution is -1.99. The van der Waals surface area contributed by atoms with Crippen LogP contribution in [-0.4, -0.2) is 20.0 Å². The Morgan fingerprint density at radius 1 is 1.06 bits per heavy atom. The van der Waals surface area contributed by atoms with Crippen LogP contribution in [0.15, 0.2) is 30.3 Å². The minimum atomic E-state index is -0.00221. The summed E-state index contributed by atoms with van der Waals surface area (Å²) in [5.74, 6) is 1.38. The Bertz CT molecular complexity index is 573. The summed E-state index contributed by atoms with van der Waals surface area (Å²) >= 11 is 0. The zero-order valence-corrected chi connectivity index (χ0v) is 10.1. The number of carbonyl (C=O) groups excluding carboxylic acids is 1. The number of ether oxygens (including phenoxy) is 2. The first-order chi connectivity index (χ1) is 8.17. The van der Waals surface area contributed by atoms with E-state index in [1.165, 1.54) is 0 Å². The lowest BCUT2D eigenvalue weighted by atomic mass is 10.0. The molecule has 2 rings (SSSR count). The summed E-state index contributed by atoms with van der Waals surface area (Å²) < 4.78 is 10.4. The van der Waals surface area contributed by atoms with Crippen molar-refractivity contribution in [3.05, 3.63) is 35.9 Å². The zero-order chi connectivity index (χ0) is 12.4. The number of hydrogen-bond donors (Lipinski definition) is 0. The van der Waals surface area contributed by atoms with E-state index in [1.807, 2.05) is 24.3 Å². The molecule has 0 spiro atoms. The largest absolute Gasteiger partial charge is 0.497 e. The molecular formula is C14H14O3. The summed E-state index contributed by atoms with van der Waals surface area (Å²) in [4.78, 5) is 11.7. The molecule has 2 aromatic rings. The normalized spacial score (nSPS) is 10.3. The molecule has 88 valence electrons. The van der Waals surface area contributed by atoms with Crippen molar-refractivity contribution in [2.24, 2.45) is 0 Å². The van der Waals surface area contributed by atoms with Gasteiger partial charge < -0.3 is 9.47 Å². The second kappa shape index (κ2) is 4.45. The second-order valence-corrected chi connectivity index (χ2v) is 3.79. The molecule has 3 nitrogen and oxygen atoms in total. The van der Waals surface area contributed by atoms with Crippen LogP contribution in [-0.2, 0) is 0 Å². The molecule has 2 aromatic carbocycles. The molecule has 0 fully saturated rings. The van der Waals surface area contributed by atoms with Crippen molar-refractivity contribution in [1.29, 1.82) is 0 Å². The van der Waals surface area contributed by atoms with E-state index in [0.29, 0.717) is 11.3 Å². The fourth-order valence-electron chi connectivity index (χ4n) is 1.95. The van der Waals surface area contributed by atoms with E-state index in [4.69, 9.17) is 9.47 Å². The molecule has 0 aliphatic carbocycles. The van der Waals surface area contributed by atoms with Gasteiger partial charge >= 0.3 is 0 Å². The Balaban J connectivity index is 2.77. The van der Waals surface area contributed by atoms with Gasteiger partial charge in [0.05, 0.1) is 19.8 Å². The smallest absolute Gasteiger partial charge is 0.164 e. The molecular weight excluding hydrogens is 216 g/mol. The highest BCUT2D eigenvalue weighted by atomic mass is 16.5. The van der Waals surface area contributed by atoms with Gasteiger partial charge in [0.2, 0.25) is 0 Å². The molecule has 0 saturated carbocycles. The first kappa shape index (κ1) is 11.5. The third-order valence-corrected chi connectivity index (χ3v) is 2.76. The fraction of sp³-hybridized carbons (Fsp3) is 0.214. The third-order valence-electron chi connectivity index (χ3n) is 2.76. The fourth-order valence-corrected chi connectivity index (χ4v) is 1.95. The van der Waals surface area contributed by atoms with E-state index >= 15 is 0 Å². The predicted octanol–water partition coefficient (Wildman–Crippen LogP) is 3.06. The van der Waals surface area contributed by atoms with Crippen molar-refractivity contribution in [3.63, 3.8) is 0 Å². The van der Waals surface area contributed by atoms with Crippen molar-refractivity contribution in [2.75, 3.05) is 14.2 Å². The highest BCUT2D eigenvalue weighted by Crippen LogP contribution is 2.30. The highest BCUT2D eigenvalue weighted by Gasteiger charge is 2.12. The Hall–Kier alpha value is -2.03. The molecule has 0 amide bonds. The van der Waals surface area contributed by atoms with Crippen LogP contribution in [0.3, 0.4) is 0 Å². The molecule has 0 bridgehead atoms. The molecule has 0 aliphatic rings. The molecule has 0 aliphatic heterocycles. The topological polar surface area (TPSA) is 35.5 Å². The van der Waals surface area contributed by atoms with E-state index in [-0.39, 0.29) is 5.78 Å². The van der Waals surface area contributed by atoms with Crippen molar-refractivity contribution in [1.82, 2.24) is 0 Å². The van der Waals surface area contributed by atoms with Crippen molar-refractivity contribution < 1.29 is 14.3 Å². The van der Waals surface area contributed by atoms with Crippen molar-refractivity contribution >= 4 is 16.6 Å². The van der Waals surface area contributed by atoms with Gasteiger partial charge in [-0.2, -0.15) is 0 Å². The van der Waals surface area contributed by atoms with E-state index in [2.05, 4.69) is 0 Å². The molecule has 3 heteroatoms. The Kier molecular flexibility index (Phi) is 3.00. The Labute approximate surface area is 100.0 Å². The van der Waals surface area contributed by atoms with Gasteiger partial charge in [-0.1, -0.05) is 6.07 Å². The Morgan fingerprint density at radius 3 is 2.41 bits per heavy atom. The van der Waals surface area contributed by atoms with E-state index < -0.39 is 0 Å². The second-order valence-electron chi connectivity index (χ2n) is 3.79. The number of Topliss-reactive ketones (excluding diaryl/α,β-unsaturated/α-hetero) is 1. The maximum atomic E-state index is 11.7. The number of rotatable bonds is 3. The van der Waals surface area contributed by atoms with Crippen molar-refractivity contribution in [3.8, 4) is 11.5 Å². The summed E-state index contributed by atoms with van der Waals surface area (Å²) in [5.41, 5.74) is 0.618. The van der Waals surface area contributed by atoms with Crippen molar-refractivity contribution in [2.45, 2.75) is 6.92 Å². The maximum absolute atomic E-state index is 11.7. The minimum Gasteiger partial charge on any atom is -0.497 e. The highest BCUT2D eigenvalue weighted by molar-refractivity contribution is 6.09. The van der Waals surface area contributed by atoms with Gasteiger partial charge in [-0.3, -0.25) is 4.79 Å². The summed E-state index contributed by atoms with van der Waals surface area (Å²) in [6, 6.07) is 9.35. The maximum Gasteiger partial charge on any atom is 0.164 e. The molecule has 0 unspecified atom stereocenters. The lowest BCUT2D eigenvalue weighted by Gasteiger charge is -2.10. The predicted molar refractivity (Wildman–Crippen MR) is 67.1 cm³/mol. The molecule has 17 heavy (non-hydrogen) atoms. The van der Waals surface area contributed by atoms with Gasteiger partial charge in [0.15, 0.2) is 5.78 Å². The van der Waals surface area contributed by atoms with Crippen LogP contribution in [0.5, 0.6) is 11.5 Å². The summed E-state index contributed by atoms with van der Waals surface area (Å²) in [5, 5.41) is 1.85. The van der Waals surface area contributed by atoms with Crippen LogP contribution < -0.4 is 9.47 Å². The molecule has 0 radical (unpaired) electrons. The molecule has 0 heterocycles. The average molecular weight is 230 g/mol. The zero-order valence-electron chi connectivity index (χ0n) is 10.1. The van der Waals surface area contributed by atoms with E-state index in [1.54, 1.807) is 27.2 Å². The summed E-state index contributed by atoms with van der Waals surface area (Å²) in [6.07, 6.45) is 0. The average Bonchev–Trinajstić information content (AvgIpc) is 2.36. The SMILES string of the molecule is COc1ccc2c(C(C)=O)c(OC)ccc2c1. The van der Waals surface area contributed by atoms with Crippen LogP contribution in [0.2, 0.25) is 0 Å². The first-order valence-corrected chi connectivity index (χ1v) is 5.33. The van der Waals surface area contributed by atoms with Crippen LogP contribution in [0.1, 0.15) is 17.3 Å². The number of ketones is 1. The van der Waals surface area contributed by atoms with Crippen LogP contribution in [0, 0.1) is 0 Å². The summed E-state index contributed by atoms with van der Waals surface area (Å²) in [6.45, 7) is 1.54. The van der Waals surface area contributed by atoms with Gasteiger partial charge in [-0.15, -0.1) is 0 Å². The minimum absolute atomic E-state index is 0.00221. The molecule has 0 atom stereocenters. The Morgan fingerprint density at radius 2 is 1.82 bits per heavy atom. The summed E-state index contributed by atoms with van der Waals surface area (Å²) in [7, 11) is 3.19. The first-order valence-electron chi connectivity index (χ1n) is 5.33. The van der Waals surface area contributed by atoms with Gasteiger partial charge in [0.1, 0.15) is 11.5 Å². The standard InChI is InChI=1S/C14H14O3/c1-9(15)14-12-6-5-11(16-2)8-10(12)4-7-13(14)17-3/h4-8H,1-3H3. The third kappa shape index (κ3) is 1.96. The van der Waals surface area contributed by atoms with Crippen LogP contribution in [0.25, 0.3) is 10.8 Å². The number of carbonyl (C=O) groups is 1. The quantitative estimate of drug-likeness (QED) is 0.760. The molecule has 0 saturated heterocycles. The number of methoxy groups -OCH3 is 2. The van der Waals surface area contributed by atoms with Gasteiger partial charge in [0.25, 0.3) is 0 Å². The van der Waals surface area contributed by atoms with Gasteiger partial charge in [0, 0.05) is 0 Å². The number of fused-ring (bicyclic) bond motifs is 1. The van der Waals surface area contributed by atoms with Gasteiger partial charge in [-0.25, -0.2) is 0 Å². The molecule has 0 aromatic heterocycles. The number of hydrogen-bond acceptors (Lipinski definition) is 3. The van der Waals surface area contributed by atoms with Gasteiger partial charge in [-0.05, 0) is 42.0 Å². The van der Waals surface area contributed by atoms with E-state index in [9.17, 15) is 4.79 Å². The lowest BCUT2D eigenvalue weighted by molar-refractivity contribution is 0.101. The van der Waals surface area contributed by atoms with Crippen LogP contribution in [0.4, 0.5) is 0 Å².